The van der Waals surface area contributed by atoms with Crippen LogP contribution in [0, 0.1) is 29.1 Å². The Balaban J connectivity index is 2.12. The second-order valence-corrected chi connectivity index (χ2v) is 6.61. The topological polar surface area (TPSA) is 20.2 Å². The lowest BCUT2D eigenvalue weighted by Gasteiger charge is -2.51. The molecule has 88 valence electrons. The minimum Gasteiger partial charge on any atom is -0.396 e. The van der Waals surface area contributed by atoms with Crippen molar-refractivity contribution in [1.82, 2.24) is 0 Å². The molecule has 4 atom stereocenters. The summed E-state index contributed by atoms with van der Waals surface area (Å²) in [5, 5.41) is 9.64. The molecule has 0 spiro atoms. The third-order valence-corrected chi connectivity index (χ3v) is 4.99. The van der Waals surface area contributed by atoms with E-state index in [0.29, 0.717) is 12.0 Å². The summed E-state index contributed by atoms with van der Waals surface area (Å²) in [6, 6.07) is 0. The lowest BCUT2D eigenvalue weighted by Crippen LogP contribution is -2.43. The molecule has 0 saturated heterocycles. The Morgan fingerprint density at radius 1 is 1.33 bits per heavy atom. The van der Waals surface area contributed by atoms with Crippen molar-refractivity contribution >= 4 is 0 Å². The first-order valence-electron chi connectivity index (χ1n) is 6.67. The van der Waals surface area contributed by atoms with Crippen LogP contribution in [-0.2, 0) is 0 Å². The first-order chi connectivity index (χ1) is 7.06. The largest absolute Gasteiger partial charge is 0.396 e. The lowest BCUT2D eigenvalue weighted by molar-refractivity contribution is -0.0411. The van der Waals surface area contributed by atoms with Crippen molar-refractivity contribution in [2.24, 2.45) is 29.1 Å². The van der Waals surface area contributed by atoms with Gasteiger partial charge >= 0.3 is 0 Å². The van der Waals surface area contributed by atoms with Crippen LogP contribution in [0.2, 0.25) is 0 Å². The Kier molecular flexibility index (Phi) is 3.12. The van der Waals surface area contributed by atoms with Crippen LogP contribution in [0.25, 0.3) is 0 Å². The molecule has 2 aliphatic carbocycles. The van der Waals surface area contributed by atoms with Crippen LogP contribution >= 0.6 is 0 Å². The van der Waals surface area contributed by atoms with Crippen LogP contribution in [0.5, 0.6) is 0 Å². The number of rotatable bonds is 2. The van der Waals surface area contributed by atoms with Crippen molar-refractivity contribution < 1.29 is 5.11 Å². The number of fused-ring (bicyclic) bond motifs is 2. The van der Waals surface area contributed by atoms with Crippen molar-refractivity contribution in [3.05, 3.63) is 0 Å². The molecule has 0 amide bonds. The van der Waals surface area contributed by atoms with E-state index in [1.807, 2.05) is 0 Å². The molecule has 0 aromatic carbocycles. The third-order valence-electron chi connectivity index (χ3n) is 4.99. The summed E-state index contributed by atoms with van der Waals surface area (Å²) < 4.78 is 0. The molecule has 15 heavy (non-hydrogen) atoms. The Morgan fingerprint density at radius 2 is 2.07 bits per heavy atom. The minimum atomic E-state index is 0.313. The highest BCUT2D eigenvalue weighted by molar-refractivity contribution is 4.96. The molecule has 0 aromatic heterocycles. The van der Waals surface area contributed by atoms with Crippen LogP contribution in [0.4, 0.5) is 0 Å². The first kappa shape index (κ1) is 11.4. The fraction of sp³-hybridized carbons (Fsp3) is 1.00. The van der Waals surface area contributed by atoms with Crippen molar-refractivity contribution in [2.75, 3.05) is 6.61 Å². The summed E-state index contributed by atoms with van der Waals surface area (Å²) in [5.41, 5.74) is 0.313. The highest BCUT2D eigenvalue weighted by Gasteiger charge is 2.45. The smallest absolute Gasteiger partial charge is 0.0487 e. The van der Waals surface area contributed by atoms with E-state index < -0.39 is 0 Å². The van der Waals surface area contributed by atoms with E-state index in [1.165, 1.54) is 32.1 Å². The molecule has 2 bridgehead atoms. The standard InChI is InChI=1S/C14H26O/c1-10(2)13-4-5-14(9-15)7-11(3)6-12(13)8-14/h10-13,15H,4-9H2,1-3H3. The van der Waals surface area contributed by atoms with Gasteiger partial charge in [-0.25, -0.2) is 0 Å². The minimum absolute atomic E-state index is 0.313. The van der Waals surface area contributed by atoms with Gasteiger partial charge in [-0.3, -0.25) is 0 Å². The van der Waals surface area contributed by atoms with Crippen LogP contribution < -0.4 is 0 Å². The molecule has 0 heterocycles. The molecule has 1 nitrogen and oxygen atoms in total. The normalized spacial score (nSPS) is 45.8. The average molecular weight is 210 g/mol. The molecule has 2 saturated carbocycles. The van der Waals surface area contributed by atoms with Gasteiger partial charge < -0.3 is 5.11 Å². The summed E-state index contributed by atoms with van der Waals surface area (Å²) >= 11 is 0. The summed E-state index contributed by atoms with van der Waals surface area (Å²) in [5.74, 6) is 3.48. The molecule has 1 N–H and O–H groups in total. The Labute approximate surface area is 94.3 Å². The maximum absolute atomic E-state index is 9.64. The fourth-order valence-corrected chi connectivity index (χ4v) is 4.39. The average Bonchev–Trinajstić information content (AvgIpc) is 2.16. The summed E-state index contributed by atoms with van der Waals surface area (Å²) in [6.07, 6.45) is 6.61. The zero-order valence-electron chi connectivity index (χ0n) is 10.5. The van der Waals surface area contributed by atoms with Gasteiger partial charge in [0.15, 0.2) is 0 Å². The van der Waals surface area contributed by atoms with Crippen LogP contribution in [-0.4, -0.2) is 11.7 Å². The molecule has 0 aliphatic heterocycles. The molecule has 0 aromatic rings. The number of aliphatic hydroxyl groups is 1. The van der Waals surface area contributed by atoms with E-state index in [1.54, 1.807) is 0 Å². The number of aliphatic hydroxyl groups excluding tert-OH is 1. The van der Waals surface area contributed by atoms with Crippen molar-refractivity contribution in [3.8, 4) is 0 Å². The quantitative estimate of drug-likeness (QED) is 0.740. The van der Waals surface area contributed by atoms with Crippen molar-refractivity contribution in [1.29, 1.82) is 0 Å². The monoisotopic (exact) mass is 210 g/mol. The lowest BCUT2D eigenvalue weighted by atomic mass is 9.55. The third kappa shape index (κ3) is 2.08. The Bertz CT molecular complexity index is 223. The van der Waals surface area contributed by atoms with Crippen molar-refractivity contribution in [3.63, 3.8) is 0 Å². The van der Waals surface area contributed by atoms with E-state index >= 15 is 0 Å². The van der Waals surface area contributed by atoms with Gasteiger partial charge in [0.1, 0.15) is 0 Å². The number of hydrogen-bond acceptors (Lipinski definition) is 1. The molecule has 2 fully saturated rings. The molecular formula is C14H26O. The summed E-state index contributed by atoms with van der Waals surface area (Å²) in [6.45, 7) is 7.55. The predicted molar refractivity (Wildman–Crippen MR) is 63.6 cm³/mol. The second kappa shape index (κ2) is 4.08. The molecule has 0 radical (unpaired) electrons. The molecule has 2 aliphatic rings. The zero-order chi connectivity index (χ0) is 11.1. The summed E-state index contributed by atoms with van der Waals surface area (Å²) in [4.78, 5) is 0. The van der Waals surface area contributed by atoms with Crippen LogP contribution in [0.15, 0.2) is 0 Å². The molecule has 1 heteroatoms. The van der Waals surface area contributed by atoms with E-state index in [9.17, 15) is 5.11 Å². The SMILES string of the molecule is CC1CC2CC(CO)(CCC2C(C)C)C1. The van der Waals surface area contributed by atoms with Crippen LogP contribution in [0.1, 0.15) is 52.9 Å². The maximum atomic E-state index is 9.64. The Hall–Kier alpha value is -0.0400. The molecule has 2 rings (SSSR count). The van der Waals surface area contributed by atoms with Gasteiger partial charge in [-0.2, -0.15) is 0 Å². The van der Waals surface area contributed by atoms with Crippen LogP contribution in [0.3, 0.4) is 0 Å². The second-order valence-electron chi connectivity index (χ2n) is 6.61. The summed E-state index contributed by atoms with van der Waals surface area (Å²) in [7, 11) is 0. The predicted octanol–water partition coefficient (Wildman–Crippen LogP) is 3.47. The van der Waals surface area contributed by atoms with E-state index in [2.05, 4.69) is 20.8 Å². The van der Waals surface area contributed by atoms with Gasteiger partial charge in [-0.15, -0.1) is 0 Å². The zero-order valence-corrected chi connectivity index (χ0v) is 10.5. The van der Waals surface area contributed by atoms with Gasteiger partial charge in [0.2, 0.25) is 0 Å². The maximum Gasteiger partial charge on any atom is 0.0487 e. The van der Waals surface area contributed by atoms with Gasteiger partial charge in [0.05, 0.1) is 0 Å². The number of hydrogen-bond donors (Lipinski definition) is 1. The Morgan fingerprint density at radius 3 is 2.67 bits per heavy atom. The van der Waals surface area contributed by atoms with E-state index in [-0.39, 0.29) is 0 Å². The van der Waals surface area contributed by atoms with Crippen molar-refractivity contribution in [2.45, 2.75) is 52.9 Å². The van der Waals surface area contributed by atoms with Gasteiger partial charge in [-0.05, 0) is 61.2 Å². The molecular weight excluding hydrogens is 184 g/mol. The van der Waals surface area contributed by atoms with Gasteiger partial charge in [0, 0.05) is 6.61 Å². The first-order valence-corrected chi connectivity index (χ1v) is 6.67. The molecule has 4 unspecified atom stereocenters. The fourth-order valence-electron chi connectivity index (χ4n) is 4.39. The highest BCUT2D eigenvalue weighted by atomic mass is 16.3. The van der Waals surface area contributed by atoms with Gasteiger partial charge in [0.25, 0.3) is 0 Å². The van der Waals surface area contributed by atoms with E-state index in [4.69, 9.17) is 0 Å². The highest BCUT2D eigenvalue weighted by Crippen LogP contribution is 2.54. The van der Waals surface area contributed by atoms with Gasteiger partial charge in [-0.1, -0.05) is 20.8 Å². The van der Waals surface area contributed by atoms with E-state index in [0.717, 1.165) is 23.7 Å².